The number of para-hydroxylation sites is 1. The summed E-state index contributed by atoms with van der Waals surface area (Å²) in [7, 11) is 0. The molecule has 5 rings (SSSR count). The highest BCUT2D eigenvalue weighted by Gasteiger charge is 2.14. The first-order chi connectivity index (χ1) is 15.7. The Hall–Kier alpha value is -2.90. The number of carbonyl (C=O) groups excluding carboxylic acids is 1. The van der Waals surface area contributed by atoms with Crippen LogP contribution >= 0.6 is 27.7 Å². The van der Waals surface area contributed by atoms with Gasteiger partial charge in [0.05, 0.1) is 5.75 Å². The van der Waals surface area contributed by atoms with E-state index < -0.39 is 0 Å². The maximum atomic E-state index is 12.5. The van der Waals surface area contributed by atoms with Crippen LogP contribution in [0.1, 0.15) is 11.1 Å². The minimum atomic E-state index is -0.00240. The molecule has 3 aromatic carbocycles. The zero-order valence-electron chi connectivity index (χ0n) is 17.2. The summed E-state index contributed by atoms with van der Waals surface area (Å²) in [6.07, 6.45) is 2.14. The summed E-state index contributed by atoms with van der Waals surface area (Å²) < 4.78 is 14.0. The largest absolute Gasteiger partial charge is 0.454 e. The second-order valence-corrected chi connectivity index (χ2v) is 9.45. The lowest BCUT2D eigenvalue weighted by Gasteiger charge is -2.06. The number of nitrogens with one attached hydrogen (secondary N) is 1. The van der Waals surface area contributed by atoms with E-state index in [1.807, 2.05) is 30.3 Å². The molecular weight excluding hydrogens is 488 g/mol. The van der Waals surface area contributed by atoms with Crippen molar-refractivity contribution in [2.45, 2.75) is 18.0 Å². The van der Waals surface area contributed by atoms with Crippen LogP contribution in [0.5, 0.6) is 11.5 Å². The Morgan fingerprint density at radius 3 is 2.66 bits per heavy atom. The molecule has 0 atom stereocenters. The third kappa shape index (κ3) is 4.64. The van der Waals surface area contributed by atoms with Gasteiger partial charge in [0.25, 0.3) is 0 Å². The number of thioether (sulfide) groups is 1. The predicted octanol–water partition coefficient (Wildman–Crippen LogP) is 5.59. The van der Waals surface area contributed by atoms with Gasteiger partial charge >= 0.3 is 0 Å². The van der Waals surface area contributed by atoms with Crippen LogP contribution in [0.25, 0.3) is 10.9 Å². The Kier molecular flexibility index (Phi) is 6.10. The number of carbonyl (C=O) groups is 1. The second kappa shape index (κ2) is 9.30. The maximum absolute atomic E-state index is 12.5. The second-order valence-electron chi connectivity index (χ2n) is 7.52. The van der Waals surface area contributed by atoms with Crippen molar-refractivity contribution in [2.75, 3.05) is 12.5 Å². The molecule has 1 amide bonds. The normalized spacial score (nSPS) is 12.3. The average Bonchev–Trinajstić information content (AvgIpc) is 3.42. The fraction of sp³-hybridized carbons (Fsp3) is 0.160. The van der Waals surface area contributed by atoms with E-state index in [1.54, 1.807) is 11.8 Å². The molecular formula is C25H21BrN2O3S. The van der Waals surface area contributed by atoms with Crippen LogP contribution < -0.4 is 14.8 Å². The molecule has 7 heteroatoms. The van der Waals surface area contributed by atoms with Crippen LogP contribution in [0, 0.1) is 0 Å². The van der Waals surface area contributed by atoms with Gasteiger partial charge in [-0.2, -0.15) is 0 Å². The number of fused-ring (bicyclic) bond motifs is 2. The summed E-state index contributed by atoms with van der Waals surface area (Å²) in [5.41, 5.74) is 3.38. The molecule has 1 aliphatic heterocycles. The molecule has 0 radical (unpaired) electrons. The van der Waals surface area contributed by atoms with Crippen molar-refractivity contribution in [3.63, 3.8) is 0 Å². The molecule has 1 aliphatic rings. The number of amides is 1. The Morgan fingerprint density at radius 1 is 1.00 bits per heavy atom. The van der Waals surface area contributed by atoms with Gasteiger partial charge in [-0.25, -0.2) is 0 Å². The smallest absolute Gasteiger partial charge is 0.231 e. The number of aromatic nitrogens is 1. The first kappa shape index (κ1) is 21.0. The SMILES string of the molecule is O=C(CSc1cn(Cc2ccc(Br)cc2)c2ccccc12)NCc1ccc2c(c1)OCO2. The molecule has 162 valence electrons. The number of ether oxygens (including phenoxy) is 2. The van der Waals surface area contributed by atoms with Gasteiger partial charge in [0.1, 0.15) is 0 Å². The molecule has 0 saturated carbocycles. The van der Waals surface area contributed by atoms with Crippen LogP contribution in [-0.2, 0) is 17.9 Å². The van der Waals surface area contributed by atoms with Gasteiger partial charge < -0.3 is 19.4 Å². The Balaban J connectivity index is 1.24. The summed E-state index contributed by atoms with van der Waals surface area (Å²) in [4.78, 5) is 13.6. The maximum Gasteiger partial charge on any atom is 0.231 e. The molecule has 0 aliphatic carbocycles. The lowest BCUT2D eigenvalue weighted by Crippen LogP contribution is -2.24. The molecule has 4 aromatic rings. The minimum absolute atomic E-state index is 0.00240. The van der Waals surface area contributed by atoms with E-state index in [0.717, 1.165) is 38.4 Å². The van der Waals surface area contributed by atoms with Crippen LogP contribution in [0.2, 0.25) is 0 Å². The monoisotopic (exact) mass is 508 g/mol. The number of hydrogen-bond acceptors (Lipinski definition) is 4. The molecule has 0 spiro atoms. The average molecular weight is 509 g/mol. The number of rotatable bonds is 7. The van der Waals surface area contributed by atoms with E-state index in [-0.39, 0.29) is 12.7 Å². The molecule has 0 unspecified atom stereocenters. The van der Waals surface area contributed by atoms with E-state index in [9.17, 15) is 4.79 Å². The standard InChI is InChI=1S/C25H21BrN2O3S/c26-19-8-5-17(6-9-19)13-28-14-24(20-3-1-2-4-21(20)28)32-15-25(29)27-12-18-7-10-22-23(11-18)31-16-30-22/h1-11,14H,12-13,15-16H2,(H,27,29). The number of nitrogens with zero attached hydrogens (tertiary/aromatic N) is 1. The number of halogens is 1. The zero-order chi connectivity index (χ0) is 21.9. The number of benzene rings is 3. The van der Waals surface area contributed by atoms with Crippen molar-refractivity contribution in [1.82, 2.24) is 9.88 Å². The lowest BCUT2D eigenvalue weighted by molar-refractivity contribution is -0.118. The van der Waals surface area contributed by atoms with Gasteiger partial charge in [0.2, 0.25) is 12.7 Å². The Labute approximate surface area is 198 Å². The van der Waals surface area contributed by atoms with Crippen molar-refractivity contribution < 1.29 is 14.3 Å². The van der Waals surface area contributed by atoms with Gasteiger partial charge in [-0.05, 0) is 41.5 Å². The van der Waals surface area contributed by atoms with Crippen LogP contribution in [0.3, 0.4) is 0 Å². The Bertz CT molecular complexity index is 1270. The van der Waals surface area contributed by atoms with E-state index in [4.69, 9.17) is 9.47 Å². The Morgan fingerprint density at radius 2 is 1.78 bits per heavy atom. The summed E-state index contributed by atoms with van der Waals surface area (Å²) in [6, 6.07) is 22.4. The van der Waals surface area contributed by atoms with Crippen molar-refractivity contribution >= 4 is 44.5 Å². The van der Waals surface area contributed by atoms with Gasteiger partial charge in [0.15, 0.2) is 11.5 Å². The quantitative estimate of drug-likeness (QED) is 0.330. The minimum Gasteiger partial charge on any atom is -0.454 e. The van der Waals surface area contributed by atoms with Crippen molar-refractivity contribution in [1.29, 1.82) is 0 Å². The fourth-order valence-electron chi connectivity index (χ4n) is 3.69. The molecule has 0 fully saturated rings. The van der Waals surface area contributed by atoms with Crippen molar-refractivity contribution in [3.8, 4) is 11.5 Å². The van der Waals surface area contributed by atoms with Gasteiger partial charge in [0, 0.05) is 39.6 Å². The summed E-state index contributed by atoms with van der Waals surface area (Å²) in [6.45, 7) is 1.49. The third-order valence-electron chi connectivity index (χ3n) is 5.30. The predicted molar refractivity (Wildman–Crippen MR) is 130 cm³/mol. The molecule has 1 N–H and O–H groups in total. The van der Waals surface area contributed by atoms with Crippen molar-refractivity contribution in [3.05, 3.63) is 88.5 Å². The number of hydrogen-bond donors (Lipinski definition) is 1. The van der Waals surface area contributed by atoms with Crippen LogP contribution in [-0.4, -0.2) is 23.0 Å². The topological polar surface area (TPSA) is 52.5 Å². The zero-order valence-corrected chi connectivity index (χ0v) is 19.6. The first-order valence-electron chi connectivity index (χ1n) is 10.3. The molecule has 1 aromatic heterocycles. The molecule has 5 nitrogen and oxygen atoms in total. The molecule has 0 saturated heterocycles. The molecule has 2 heterocycles. The van der Waals surface area contributed by atoms with Gasteiger partial charge in [-0.1, -0.05) is 52.3 Å². The van der Waals surface area contributed by atoms with Crippen LogP contribution in [0.15, 0.2) is 82.3 Å². The van der Waals surface area contributed by atoms with Gasteiger partial charge in [-0.3, -0.25) is 4.79 Å². The van der Waals surface area contributed by atoms with E-state index in [1.165, 1.54) is 11.1 Å². The fourth-order valence-corrected chi connectivity index (χ4v) is 4.87. The first-order valence-corrected chi connectivity index (χ1v) is 12.0. The third-order valence-corrected chi connectivity index (χ3v) is 6.88. The van der Waals surface area contributed by atoms with E-state index >= 15 is 0 Å². The highest BCUT2D eigenvalue weighted by Crippen LogP contribution is 2.33. The highest BCUT2D eigenvalue weighted by atomic mass is 79.9. The summed E-state index contributed by atoms with van der Waals surface area (Å²) >= 11 is 5.05. The summed E-state index contributed by atoms with van der Waals surface area (Å²) in [5.74, 6) is 1.83. The highest BCUT2D eigenvalue weighted by molar-refractivity contribution is 9.10. The molecule has 32 heavy (non-hydrogen) atoms. The van der Waals surface area contributed by atoms with Crippen LogP contribution in [0.4, 0.5) is 0 Å². The molecule has 0 bridgehead atoms. The van der Waals surface area contributed by atoms with Gasteiger partial charge in [-0.15, -0.1) is 11.8 Å². The summed E-state index contributed by atoms with van der Waals surface area (Å²) in [5, 5.41) is 4.16. The van der Waals surface area contributed by atoms with E-state index in [0.29, 0.717) is 12.3 Å². The lowest BCUT2D eigenvalue weighted by atomic mass is 10.2. The van der Waals surface area contributed by atoms with E-state index in [2.05, 4.69) is 68.4 Å². The van der Waals surface area contributed by atoms with Crippen molar-refractivity contribution in [2.24, 2.45) is 0 Å².